The highest BCUT2D eigenvalue weighted by Crippen LogP contribution is 2.22. The zero-order valence-electron chi connectivity index (χ0n) is 6.72. The van der Waals surface area contributed by atoms with Gasteiger partial charge >= 0.3 is 0 Å². The molecule has 0 amide bonds. The first kappa shape index (κ1) is 9.49. The Morgan fingerprint density at radius 1 is 1.58 bits per heavy atom. The number of rotatable bonds is 2. The third kappa shape index (κ3) is 1.96. The zero-order valence-corrected chi connectivity index (χ0v) is 7.48. The van der Waals surface area contributed by atoms with Gasteiger partial charge < -0.3 is 5.11 Å². The molecule has 1 aromatic carbocycles. The van der Waals surface area contributed by atoms with Gasteiger partial charge in [0.05, 0.1) is 6.10 Å². The van der Waals surface area contributed by atoms with Gasteiger partial charge in [-0.05, 0) is 18.6 Å². The Morgan fingerprint density at radius 2 is 2.25 bits per heavy atom. The van der Waals surface area contributed by atoms with Crippen LogP contribution in [0.15, 0.2) is 18.2 Å². The van der Waals surface area contributed by atoms with Crippen LogP contribution >= 0.6 is 11.6 Å². The zero-order chi connectivity index (χ0) is 9.14. The number of halogens is 2. The predicted octanol–water partition coefficient (Wildman–Crippen LogP) is 2.92. The molecule has 66 valence electrons. The summed E-state index contributed by atoms with van der Waals surface area (Å²) in [5.74, 6) is -0.447. The van der Waals surface area contributed by atoms with E-state index in [2.05, 4.69) is 0 Å². The summed E-state index contributed by atoms with van der Waals surface area (Å²) in [4.78, 5) is 0. The molecular formula is C9H10ClFO. The van der Waals surface area contributed by atoms with Crippen LogP contribution in [-0.4, -0.2) is 5.11 Å². The van der Waals surface area contributed by atoms with E-state index in [0.717, 1.165) is 0 Å². The maximum Gasteiger partial charge on any atom is 0.130 e. The molecule has 0 saturated heterocycles. The fourth-order valence-electron chi connectivity index (χ4n) is 0.992. The van der Waals surface area contributed by atoms with Gasteiger partial charge in [-0.1, -0.05) is 24.6 Å². The van der Waals surface area contributed by atoms with Crippen molar-refractivity contribution >= 4 is 11.6 Å². The molecule has 1 rings (SSSR count). The first-order chi connectivity index (χ1) is 5.65. The fraction of sp³-hybridized carbons (Fsp3) is 0.333. The molecule has 12 heavy (non-hydrogen) atoms. The van der Waals surface area contributed by atoms with E-state index in [-0.39, 0.29) is 0 Å². The van der Waals surface area contributed by atoms with Crippen molar-refractivity contribution in [2.24, 2.45) is 0 Å². The van der Waals surface area contributed by atoms with Gasteiger partial charge in [0.1, 0.15) is 5.82 Å². The minimum atomic E-state index is -0.734. The van der Waals surface area contributed by atoms with Crippen LogP contribution in [0.25, 0.3) is 0 Å². The lowest BCUT2D eigenvalue weighted by Gasteiger charge is -2.08. The first-order valence-corrected chi connectivity index (χ1v) is 4.16. The molecule has 0 spiro atoms. The molecule has 1 nitrogen and oxygen atoms in total. The Morgan fingerprint density at radius 3 is 2.75 bits per heavy atom. The standard InChI is InChI=1S/C9H10ClFO/c1-2-9(12)7-4-3-6(10)5-8(7)11/h3-5,9,12H,2H2,1H3. The van der Waals surface area contributed by atoms with E-state index in [4.69, 9.17) is 11.6 Å². The fourth-order valence-corrected chi connectivity index (χ4v) is 1.15. The van der Waals surface area contributed by atoms with Gasteiger partial charge in [-0.15, -0.1) is 0 Å². The summed E-state index contributed by atoms with van der Waals surface area (Å²) >= 11 is 5.54. The molecular weight excluding hydrogens is 179 g/mol. The van der Waals surface area contributed by atoms with Gasteiger partial charge in [-0.2, -0.15) is 0 Å². The summed E-state index contributed by atoms with van der Waals surface area (Å²) in [5, 5.41) is 9.66. The molecule has 0 aliphatic heterocycles. The first-order valence-electron chi connectivity index (χ1n) is 3.78. The minimum absolute atomic E-state index is 0.307. The third-order valence-corrected chi connectivity index (χ3v) is 1.94. The van der Waals surface area contributed by atoms with E-state index in [1.54, 1.807) is 13.0 Å². The second kappa shape index (κ2) is 3.87. The molecule has 1 N–H and O–H groups in total. The normalized spacial score (nSPS) is 13.0. The summed E-state index contributed by atoms with van der Waals surface area (Å²) in [6.45, 7) is 1.79. The maximum absolute atomic E-state index is 13.0. The lowest BCUT2D eigenvalue weighted by atomic mass is 10.1. The van der Waals surface area contributed by atoms with Gasteiger partial charge in [0.25, 0.3) is 0 Å². The molecule has 3 heteroatoms. The van der Waals surface area contributed by atoms with Gasteiger partial charge in [-0.25, -0.2) is 4.39 Å². The Bertz CT molecular complexity index is 275. The molecule has 0 bridgehead atoms. The second-order valence-electron chi connectivity index (χ2n) is 2.59. The Balaban J connectivity index is 3.01. The molecule has 0 saturated carbocycles. The van der Waals surface area contributed by atoms with E-state index >= 15 is 0 Å². The van der Waals surface area contributed by atoms with E-state index in [9.17, 15) is 9.50 Å². The largest absolute Gasteiger partial charge is 0.388 e. The molecule has 1 atom stereocenters. The van der Waals surface area contributed by atoms with Crippen molar-refractivity contribution in [1.82, 2.24) is 0 Å². The van der Waals surface area contributed by atoms with Crippen molar-refractivity contribution in [3.63, 3.8) is 0 Å². The SMILES string of the molecule is CCC(O)c1ccc(Cl)cc1F. The van der Waals surface area contributed by atoms with Gasteiger partial charge in [0.15, 0.2) is 0 Å². The highest BCUT2D eigenvalue weighted by molar-refractivity contribution is 6.30. The molecule has 0 heterocycles. The van der Waals surface area contributed by atoms with Crippen LogP contribution in [0.2, 0.25) is 5.02 Å². The highest BCUT2D eigenvalue weighted by atomic mass is 35.5. The van der Waals surface area contributed by atoms with E-state index < -0.39 is 11.9 Å². The average Bonchev–Trinajstić information content (AvgIpc) is 2.03. The lowest BCUT2D eigenvalue weighted by Crippen LogP contribution is -1.98. The van der Waals surface area contributed by atoms with Crippen LogP contribution in [0.5, 0.6) is 0 Å². The van der Waals surface area contributed by atoms with Crippen molar-refractivity contribution < 1.29 is 9.50 Å². The van der Waals surface area contributed by atoms with Crippen LogP contribution in [0.4, 0.5) is 4.39 Å². The summed E-state index contributed by atoms with van der Waals surface area (Å²) < 4.78 is 13.0. The number of benzene rings is 1. The van der Waals surface area contributed by atoms with Gasteiger partial charge in [0, 0.05) is 10.6 Å². The predicted molar refractivity (Wildman–Crippen MR) is 46.7 cm³/mol. The Kier molecular flexibility index (Phi) is 3.06. The van der Waals surface area contributed by atoms with Crippen molar-refractivity contribution in [2.75, 3.05) is 0 Å². The van der Waals surface area contributed by atoms with Crippen molar-refractivity contribution in [3.05, 3.63) is 34.6 Å². The van der Waals surface area contributed by atoms with Crippen LogP contribution in [0.1, 0.15) is 25.0 Å². The van der Waals surface area contributed by atoms with Crippen molar-refractivity contribution in [1.29, 1.82) is 0 Å². The molecule has 0 fully saturated rings. The average molecular weight is 189 g/mol. The third-order valence-electron chi connectivity index (χ3n) is 1.71. The van der Waals surface area contributed by atoms with Crippen LogP contribution < -0.4 is 0 Å². The quantitative estimate of drug-likeness (QED) is 0.757. The van der Waals surface area contributed by atoms with Crippen LogP contribution in [-0.2, 0) is 0 Å². The number of aliphatic hydroxyl groups excluding tert-OH is 1. The van der Waals surface area contributed by atoms with Crippen molar-refractivity contribution in [2.45, 2.75) is 19.4 Å². The number of hydrogen-bond acceptors (Lipinski definition) is 1. The number of hydrogen-bond donors (Lipinski definition) is 1. The monoisotopic (exact) mass is 188 g/mol. The number of aliphatic hydroxyl groups is 1. The summed E-state index contributed by atoms with van der Waals surface area (Å²) in [5.41, 5.74) is 0.307. The molecule has 1 aromatic rings. The van der Waals surface area contributed by atoms with E-state index in [1.807, 2.05) is 0 Å². The molecule has 0 radical (unpaired) electrons. The second-order valence-corrected chi connectivity index (χ2v) is 3.03. The van der Waals surface area contributed by atoms with Crippen LogP contribution in [0.3, 0.4) is 0 Å². The molecule has 0 aromatic heterocycles. The van der Waals surface area contributed by atoms with Gasteiger partial charge in [0.2, 0.25) is 0 Å². The smallest absolute Gasteiger partial charge is 0.130 e. The maximum atomic E-state index is 13.0. The highest BCUT2D eigenvalue weighted by Gasteiger charge is 2.10. The Labute approximate surface area is 75.8 Å². The summed E-state index contributed by atoms with van der Waals surface area (Å²) in [6.07, 6.45) is -0.235. The van der Waals surface area contributed by atoms with Gasteiger partial charge in [-0.3, -0.25) is 0 Å². The van der Waals surface area contributed by atoms with E-state index in [1.165, 1.54) is 12.1 Å². The van der Waals surface area contributed by atoms with E-state index in [0.29, 0.717) is 17.0 Å². The summed E-state index contributed by atoms with van der Waals surface area (Å²) in [6, 6.07) is 4.28. The molecule has 0 aliphatic rings. The lowest BCUT2D eigenvalue weighted by molar-refractivity contribution is 0.169. The van der Waals surface area contributed by atoms with Crippen LogP contribution in [0, 0.1) is 5.82 Å². The van der Waals surface area contributed by atoms with Crippen molar-refractivity contribution in [3.8, 4) is 0 Å². The molecule has 1 unspecified atom stereocenters. The minimum Gasteiger partial charge on any atom is -0.388 e. The Hall–Kier alpha value is -0.600. The topological polar surface area (TPSA) is 20.2 Å². The molecule has 0 aliphatic carbocycles. The summed E-state index contributed by atoms with van der Waals surface area (Å²) in [7, 11) is 0.